The Balaban J connectivity index is 3.06. The van der Waals surface area contributed by atoms with Gasteiger partial charge in [-0.1, -0.05) is 0 Å². The number of nitrogens with zero attached hydrogens (tertiary/aromatic N) is 1. The first-order valence-corrected chi connectivity index (χ1v) is 4.68. The van der Waals surface area contributed by atoms with E-state index in [4.69, 9.17) is 0 Å². The molecule has 1 N–H and O–H groups in total. The largest absolute Gasteiger partial charge is 0.386 e. The van der Waals surface area contributed by atoms with Crippen molar-refractivity contribution in [2.24, 2.45) is 0 Å². The maximum atomic E-state index is 4.18. The highest BCUT2D eigenvalue weighted by molar-refractivity contribution is 7.98. The van der Waals surface area contributed by atoms with Crippen molar-refractivity contribution in [3.05, 3.63) is 18.0 Å². The van der Waals surface area contributed by atoms with E-state index in [9.17, 15) is 0 Å². The van der Waals surface area contributed by atoms with Crippen molar-refractivity contribution in [1.29, 1.82) is 0 Å². The fourth-order valence-corrected chi connectivity index (χ4v) is 1.55. The number of hydrogen-bond acceptors (Lipinski definition) is 3. The monoisotopic (exact) mass is 168 g/mol. The molecule has 0 fully saturated rings. The van der Waals surface area contributed by atoms with Crippen molar-refractivity contribution in [3.63, 3.8) is 0 Å². The van der Waals surface area contributed by atoms with E-state index in [0.717, 1.165) is 11.4 Å². The minimum Gasteiger partial charge on any atom is -0.386 e. The van der Waals surface area contributed by atoms with Crippen LogP contribution in [0.25, 0.3) is 0 Å². The van der Waals surface area contributed by atoms with Crippen molar-refractivity contribution in [3.8, 4) is 0 Å². The third kappa shape index (κ3) is 1.87. The third-order valence-corrected chi connectivity index (χ3v) is 2.27. The Morgan fingerprint density at radius 3 is 2.82 bits per heavy atom. The topological polar surface area (TPSA) is 24.9 Å². The Bertz CT molecular complexity index is 248. The Kier molecular flexibility index (Phi) is 2.76. The van der Waals surface area contributed by atoms with Gasteiger partial charge in [-0.25, -0.2) is 0 Å². The van der Waals surface area contributed by atoms with Crippen LogP contribution in [0.1, 0.15) is 5.69 Å². The number of aromatic nitrogens is 1. The second-order valence-corrected chi connectivity index (χ2v) is 3.12. The van der Waals surface area contributed by atoms with Crippen molar-refractivity contribution in [2.75, 3.05) is 18.6 Å². The van der Waals surface area contributed by atoms with Crippen LogP contribution in [0.5, 0.6) is 0 Å². The molecule has 1 heterocycles. The summed E-state index contributed by atoms with van der Waals surface area (Å²) in [6, 6.07) is 2.08. The fraction of sp³-hybridized carbons (Fsp3) is 0.375. The maximum Gasteiger partial charge on any atom is 0.0662 e. The van der Waals surface area contributed by atoms with Gasteiger partial charge in [0.05, 0.1) is 11.9 Å². The van der Waals surface area contributed by atoms with E-state index in [1.807, 2.05) is 20.2 Å². The summed E-state index contributed by atoms with van der Waals surface area (Å²) in [4.78, 5) is 5.43. The van der Waals surface area contributed by atoms with E-state index in [2.05, 4.69) is 22.6 Å². The summed E-state index contributed by atoms with van der Waals surface area (Å²) in [5.41, 5.74) is 2.16. The minimum atomic E-state index is 1.06. The van der Waals surface area contributed by atoms with Gasteiger partial charge in [-0.05, 0) is 19.2 Å². The molecular formula is C8H12N2S. The quantitative estimate of drug-likeness (QED) is 0.685. The molecule has 0 saturated carbocycles. The molecule has 60 valence electrons. The molecule has 0 aromatic carbocycles. The lowest BCUT2D eigenvalue weighted by atomic mass is 10.3. The van der Waals surface area contributed by atoms with Crippen LogP contribution in [0.15, 0.2) is 17.2 Å². The lowest BCUT2D eigenvalue weighted by Crippen LogP contribution is -1.92. The number of anilines is 1. The molecule has 1 aromatic rings. The van der Waals surface area contributed by atoms with E-state index in [0.29, 0.717) is 0 Å². The van der Waals surface area contributed by atoms with Gasteiger partial charge < -0.3 is 5.32 Å². The summed E-state index contributed by atoms with van der Waals surface area (Å²) in [5.74, 6) is 0. The zero-order valence-electron chi connectivity index (χ0n) is 7.01. The lowest BCUT2D eigenvalue weighted by Gasteiger charge is -2.05. The number of rotatable bonds is 2. The molecule has 0 aliphatic rings. The van der Waals surface area contributed by atoms with Crippen LogP contribution >= 0.6 is 11.8 Å². The molecule has 11 heavy (non-hydrogen) atoms. The van der Waals surface area contributed by atoms with E-state index in [1.165, 1.54) is 4.90 Å². The first-order valence-electron chi connectivity index (χ1n) is 3.46. The van der Waals surface area contributed by atoms with Gasteiger partial charge in [0.15, 0.2) is 0 Å². The SMILES string of the molecule is CNc1cnc(C)cc1SC. The van der Waals surface area contributed by atoms with E-state index < -0.39 is 0 Å². The Morgan fingerprint density at radius 1 is 1.55 bits per heavy atom. The van der Waals surface area contributed by atoms with Gasteiger partial charge in [-0.3, -0.25) is 4.98 Å². The molecule has 0 amide bonds. The molecule has 0 aliphatic carbocycles. The predicted molar refractivity (Wildman–Crippen MR) is 50.3 cm³/mol. The van der Waals surface area contributed by atoms with Crippen LogP contribution in [0, 0.1) is 6.92 Å². The number of hydrogen-bond donors (Lipinski definition) is 1. The minimum absolute atomic E-state index is 1.06. The highest BCUT2D eigenvalue weighted by atomic mass is 32.2. The Labute approximate surface area is 71.4 Å². The van der Waals surface area contributed by atoms with Gasteiger partial charge in [0.2, 0.25) is 0 Å². The lowest BCUT2D eigenvalue weighted by molar-refractivity contribution is 1.15. The summed E-state index contributed by atoms with van der Waals surface area (Å²) in [6.45, 7) is 2.00. The zero-order chi connectivity index (χ0) is 8.27. The normalized spacial score (nSPS) is 9.73. The number of pyridine rings is 1. The molecule has 0 radical (unpaired) electrons. The van der Waals surface area contributed by atoms with Gasteiger partial charge in [0.1, 0.15) is 0 Å². The molecule has 2 nitrogen and oxygen atoms in total. The molecule has 0 spiro atoms. The molecule has 0 saturated heterocycles. The van der Waals surface area contributed by atoms with Gasteiger partial charge in [0.25, 0.3) is 0 Å². The Morgan fingerprint density at radius 2 is 2.27 bits per heavy atom. The zero-order valence-corrected chi connectivity index (χ0v) is 7.83. The number of aryl methyl sites for hydroxylation is 1. The third-order valence-electron chi connectivity index (χ3n) is 1.49. The summed E-state index contributed by atoms with van der Waals surface area (Å²) >= 11 is 1.73. The van der Waals surface area contributed by atoms with Crippen LogP contribution in [0.4, 0.5) is 5.69 Å². The summed E-state index contributed by atoms with van der Waals surface area (Å²) in [6.07, 6.45) is 3.93. The smallest absolute Gasteiger partial charge is 0.0662 e. The van der Waals surface area contributed by atoms with Crippen LogP contribution in [-0.2, 0) is 0 Å². The van der Waals surface area contributed by atoms with Crippen LogP contribution in [-0.4, -0.2) is 18.3 Å². The van der Waals surface area contributed by atoms with Crippen LogP contribution < -0.4 is 5.32 Å². The maximum absolute atomic E-state index is 4.18. The molecule has 0 aliphatic heterocycles. The van der Waals surface area contributed by atoms with E-state index in [-0.39, 0.29) is 0 Å². The second-order valence-electron chi connectivity index (χ2n) is 2.28. The summed E-state index contributed by atoms with van der Waals surface area (Å²) < 4.78 is 0. The molecule has 0 unspecified atom stereocenters. The molecule has 0 atom stereocenters. The van der Waals surface area contributed by atoms with Crippen molar-refractivity contribution < 1.29 is 0 Å². The molecule has 1 aromatic heterocycles. The molecular weight excluding hydrogens is 156 g/mol. The fourth-order valence-electron chi connectivity index (χ4n) is 0.891. The molecule has 3 heteroatoms. The van der Waals surface area contributed by atoms with Gasteiger partial charge >= 0.3 is 0 Å². The van der Waals surface area contributed by atoms with Crippen molar-refractivity contribution in [1.82, 2.24) is 4.98 Å². The van der Waals surface area contributed by atoms with Crippen LogP contribution in [0.3, 0.4) is 0 Å². The highest BCUT2D eigenvalue weighted by Gasteiger charge is 1.98. The highest BCUT2D eigenvalue weighted by Crippen LogP contribution is 2.24. The van der Waals surface area contributed by atoms with E-state index >= 15 is 0 Å². The first kappa shape index (κ1) is 8.40. The van der Waals surface area contributed by atoms with Crippen molar-refractivity contribution in [2.45, 2.75) is 11.8 Å². The molecule has 1 rings (SSSR count). The van der Waals surface area contributed by atoms with Gasteiger partial charge in [-0.2, -0.15) is 0 Å². The van der Waals surface area contributed by atoms with Gasteiger partial charge in [-0.15, -0.1) is 11.8 Å². The Hall–Kier alpha value is -0.700. The average molecular weight is 168 g/mol. The van der Waals surface area contributed by atoms with Crippen molar-refractivity contribution >= 4 is 17.4 Å². The number of thioether (sulfide) groups is 1. The van der Waals surface area contributed by atoms with Gasteiger partial charge in [0, 0.05) is 17.6 Å². The molecule has 0 bridgehead atoms. The van der Waals surface area contributed by atoms with Crippen LogP contribution in [0.2, 0.25) is 0 Å². The first-order chi connectivity index (χ1) is 5.27. The van der Waals surface area contributed by atoms with E-state index in [1.54, 1.807) is 11.8 Å². The standard InChI is InChI=1S/C8H12N2S/c1-6-4-8(11-3)7(9-2)5-10-6/h4-5,9H,1-3H3. The second kappa shape index (κ2) is 3.62. The number of nitrogens with one attached hydrogen (secondary N) is 1. The average Bonchev–Trinajstić information content (AvgIpc) is 2.04. The summed E-state index contributed by atoms with van der Waals surface area (Å²) in [5, 5.41) is 3.09. The predicted octanol–water partition coefficient (Wildman–Crippen LogP) is 2.15. The summed E-state index contributed by atoms with van der Waals surface area (Å²) in [7, 11) is 1.91.